The molecule has 1 heterocycles. The number of benzene rings is 2. The second kappa shape index (κ2) is 12.8. The fourth-order valence-corrected chi connectivity index (χ4v) is 4.32. The number of carboxylic acids is 1. The molecule has 3 N–H and O–H groups in total. The highest BCUT2D eigenvalue weighted by Gasteiger charge is 2.38. The number of rotatable bonds is 6. The molecule has 38 heavy (non-hydrogen) atoms. The van der Waals surface area contributed by atoms with Crippen molar-refractivity contribution in [2.45, 2.75) is 37.9 Å². The van der Waals surface area contributed by atoms with Crippen molar-refractivity contribution in [2.24, 2.45) is 5.92 Å². The van der Waals surface area contributed by atoms with Crippen LogP contribution in [0, 0.1) is 5.92 Å². The van der Waals surface area contributed by atoms with Crippen molar-refractivity contribution in [3.05, 3.63) is 59.1 Å². The van der Waals surface area contributed by atoms with Crippen molar-refractivity contribution in [2.75, 3.05) is 30.9 Å². The van der Waals surface area contributed by atoms with Crippen LogP contribution in [0.3, 0.4) is 0 Å². The van der Waals surface area contributed by atoms with E-state index >= 15 is 0 Å². The van der Waals surface area contributed by atoms with Crippen molar-refractivity contribution in [1.82, 2.24) is 15.3 Å². The standard InChI is InChI=1S/C24H28ClN5O.C2HF3O2/c1-30(2)22-20-8-3-4-9-21(20)28-24(29-22)27-19-12-10-16(11-13-19)15-26-23(31)17-6-5-7-18(25)14-17;3-2(4,5)1(6)7/h3-9,14,16,19H,10-13,15H2,1-2H3,(H,26,31)(H,27,28,29);(H,6,7). The average molecular weight is 552 g/mol. The summed E-state index contributed by atoms with van der Waals surface area (Å²) in [6, 6.07) is 15.5. The first kappa shape index (κ1) is 29.0. The lowest BCUT2D eigenvalue weighted by Gasteiger charge is -2.29. The van der Waals surface area contributed by atoms with Crippen molar-refractivity contribution in [3.63, 3.8) is 0 Å². The van der Waals surface area contributed by atoms with Crippen LogP contribution in [0.5, 0.6) is 0 Å². The topological polar surface area (TPSA) is 107 Å². The van der Waals surface area contributed by atoms with Gasteiger partial charge in [0.05, 0.1) is 5.52 Å². The number of hydrogen-bond acceptors (Lipinski definition) is 6. The molecule has 1 aromatic heterocycles. The second-order valence-electron chi connectivity index (χ2n) is 9.17. The first-order valence-electron chi connectivity index (χ1n) is 12.0. The molecular formula is C26H29ClF3N5O3. The maximum absolute atomic E-state index is 12.3. The summed E-state index contributed by atoms with van der Waals surface area (Å²) in [6.45, 7) is 0.690. The molecule has 1 amide bonds. The zero-order valence-electron chi connectivity index (χ0n) is 20.9. The Morgan fingerprint density at radius 3 is 2.32 bits per heavy atom. The van der Waals surface area contributed by atoms with E-state index in [2.05, 4.69) is 16.7 Å². The van der Waals surface area contributed by atoms with Gasteiger partial charge in [0.2, 0.25) is 5.95 Å². The average Bonchev–Trinajstić information content (AvgIpc) is 2.87. The number of carbonyl (C=O) groups is 2. The lowest BCUT2D eigenvalue weighted by molar-refractivity contribution is -0.192. The molecule has 1 fully saturated rings. The number of fused-ring (bicyclic) bond motifs is 1. The number of nitrogens with zero attached hydrogens (tertiary/aromatic N) is 3. The Hall–Kier alpha value is -3.60. The number of amides is 1. The van der Waals surface area contributed by atoms with E-state index in [1.54, 1.807) is 24.3 Å². The lowest BCUT2D eigenvalue weighted by atomic mass is 9.86. The summed E-state index contributed by atoms with van der Waals surface area (Å²) in [5, 5.41) is 15.3. The van der Waals surface area contributed by atoms with E-state index in [1.807, 2.05) is 37.2 Å². The van der Waals surface area contributed by atoms with Crippen LogP contribution in [0.4, 0.5) is 24.9 Å². The minimum absolute atomic E-state index is 0.0662. The van der Waals surface area contributed by atoms with E-state index in [1.165, 1.54) is 0 Å². The molecule has 2 aromatic carbocycles. The summed E-state index contributed by atoms with van der Waals surface area (Å²) in [7, 11) is 4.00. The van der Waals surface area contributed by atoms with Crippen LogP contribution >= 0.6 is 11.6 Å². The normalized spacial score (nSPS) is 17.2. The molecule has 1 saturated carbocycles. The minimum atomic E-state index is -5.08. The van der Waals surface area contributed by atoms with E-state index in [4.69, 9.17) is 31.5 Å². The Kier molecular flexibility index (Phi) is 9.73. The third-order valence-electron chi connectivity index (χ3n) is 6.07. The Morgan fingerprint density at radius 2 is 1.71 bits per heavy atom. The van der Waals surface area contributed by atoms with Gasteiger partial charge in [0, 0.05) is 42.7 Å². The third kappa shape index (κ3) is 8.20. The lowest BCUT2D eigenvalue weighted by Crippen LogP contribution is -2.34. The maximum atomic E-state index is 12.3. The predicted molar refractivity (Wildman–Crippen MR) is 141 cm³/mol. The van der Waals surface area contributed by atoms with Gasteiger partial charge in [-0.3, -0.25) is 4.79 Å². The van der Waals surface area contributed by atoms with Crippen LogP contribution in [0.15, 0.2) is 48.5 Å². The molecule has 0 radical (unpaired) electrons. The van der Waals surface area contributed by atoms with Crippen LogP contribution in [0.25, 0.3) is 10.9 Å². The van der Waals surface area contributed by atoms with Crippen molar-refractivity contribution in [3.8, 4) is 0 Å². The van der Waals surface area contributed by atoms with Crippen LogP contribution in [0.1, 0.15) is 36.0 Å². The monoisotopic (exact) mass is 551 g/mol. The van der Waals surface area contributed by atoms with E-state index in [0.29, 0.717) is 35.0 Å². The van der Waals surface area contributed by atoms with Crippen molar-refractivity contribution < 1.29 is 27.9 Å². The van der Waals surface area contributed by atoms with Gasteiger partial charge < -0.3 is 20.6 Å². The summed E-state index contributed by atoms with van der Waals surface area (Å²) in [6.07, 6.45) is -0.903. The number of aliphatic carboxylic acids is 1. The number of carboxylic acid groups (broad SMARTS) is 1. The van der Waals surface area contributed by atoms with Gasteiger partial charge in [-0.2, -0.15) is 18.2 Å². The van der Waals surface area contributed by atoms with Gasteiger partial charge in [0.25, 0.3) is 5.91 Å². The Bertz CT molecular complexity index is 1260. The molecule has 3 aromatic rings. The van der Waals surface area contributed by atoms with E-state index < -0.39 is 12.1 Å². The zero-order chi connectivity index (χ0) is 27.9. The molecule has 0 saturated heterocycles. The molecule has 0 spiro atoms. The molecule has 0 bridgehead atoms. The smallest absolute Gasteiger partial charge is 0.475 e. The summed E-state index contributed by atoms with van der Waals surface area (Å²) < 4.78 is 31.7. The minimum Gasteiger partial charge on any atom is -0.475 e. The fourth-order valence-electron chi connectivity index (χ4n) is 4.13. The van der Waals surface area contributed by atoms with Crippen molar-refractivity contribution in [1.29, 1.82) is 0 Å². The SMILES string of the molecule is CN(C)c1nc(NC2CCC(CNC(=O)c3cccc(Cl)c3)CC2)nc2ccccc12.O=C(O)C(F)(F)F. The number of alkyl halides is 3. The quantitative estimate of drug-likeness (QED) is 0.377. The van der Waals surface area contributed by atoms with Crippen molar-refractivity contribution >= 4 is 46.1 Å². The van der Waals surface area contributed by atoms with E-state index in [0.717, 1.165) is 42.4 Å². The number of aromatic nitrogens is 2. The van der Waals surface area contributed by atoms with Gasteiger partial charge in [-0.25, -0.2) is 9.78 Å². The molecule has 1 aliphatic carbocycles. The van der Waals surface area contributed by atoms with Gasteiger partial charge in [0.1, 0.15) is 5.82 Å². The molecule has 0 unspecified atom stereocenters. The van der Waals surface area contributed by atoms with Gasteiger partial charge >= 0.3 is 12.1 Å². The number of carbonyl (C=O) groups excluding carboxylic acids is 1. The molecule has 8 nitrogen and oxygen atoms in total. The zero-order valence-corrected chi connectivity index (χ0v) is 21.7. The fraction of sp³-hybridized carbons (Fsp3) is 0.385. The summed E-state index contributed by atoms with van der Waals surface area (Å²) in [4.78, 5) is 32.7. The Balaban J connectivity index is 0.000000505. The largest absolute Gasteiger partial charge is 0.490 e. The number of para-hydroxylation sites is 1. The number of anilines is 2. The Labute approximate surface area is 223 Å². The highest BCUT2D eigenvalue weighted by atomic mass is 35.5. The molecule has 0 atom stereocenters. The van der Waals surface area contributed by atoms with Crippen LogP contribution in [0.2, 0.25) is 5.02 Å². The molecule has 1 aliphatic rings. The van der Waals surface area contributed by atoms with Gasteiger partial charge in [-0.1, -0.05) is 29.8 Å². The number of hydrogen-bond donors (Lipinski definition) is 3. The van der Waals surface area contributed by atoms with Crippen LogP contribution in [-0.4, -0.2) is 59.8 Å². The van der Waals surface area contributed by atoms with Gasteiger partial charge in [0.15, 0.2) is 0 Å². The first-order valence-corrected chi connectivity index (χ1v) is 12.4. The second-order valence-corrected chi connectivity index (χ2v) is 9.60. The third-order valence-corrected chi connectivity index (χ3v) is 6.30. The molecule has 12 heteroatoms. The summed E-state index contributed by atoms with van der Waals surface area (Å²) in [5.41, 5.74) is 1.55. The molecule has 204 valence electrons. The van der Waals surface area contributed by atoms with Gasteiger partial charge in [-0.05, 0) is 61.9 Å². The number of nitrogens with one attached hydrogen (secondary N) is 2. The number of halogens is 4. The van der Waals surface area contributed by atoms with E-state index in [9.17, 15) is 18.0 Å². The van der Waals surface area contributed by atoms with E-state index in [-0.39, 0.29) is 5.91 Å². The summed E-state index contributed by atoms with van der Waals surface area (Å²) in [5.74, 6) is -0.738. The predicted octanol–water partition coefficient (Wildman–Crippen LogP) is 5.38. The van der Waals surface area contributed by atoms with Crippen LogP contribution in [-0.2, 0) is 4.79 Å². The Morgan fingerprint density at radius 1 is 1.05 bits per heavy atom. The highest BCUT2D eigenvalue weighted by Crippen LogP contribution is 2.28. The highest BCUT2D eigenvalue weighted by molar-refractivity contribution is 6.30. The molecular weight excluding hydrogens is 523 g/mol. The summed E-state index contributed by atoms with van der Waals surface area (Å²) >= 11 is 5.98. The molecule has 4 rings (SSSR count). The first-order chi connectivity index (χ1) is 17.9. The van der Waals surface area contributed by atoms with Crippen LogP contribution < -0.4 is 15.5 Å². The molecule has 0 aliphatic heterocycles. The maximum Gasteiger partial charge on any atom is 0.490 e. The van der Waals surface area contributed by atoms with Gasteiger partial charge in [-0.15, -0.1) is 0 Å².